The average molecular weight is 203 g/mol. The molecule has 0 amide bonds. The minimum Gasteiger partial charge on any atom is -0.298 e. The lowest BCUT2D eigenvalue weighted by Gasteiger charge is -2.02. The van der Waals surface area contributed by atoms with Crippen molar-refractivity contribution in [2.24, 2.45) is 0 Å². The Labute approximate surface area is 86.8 Å². The number of aryl methyl sites for hydroxylation is 1. The van der Waals surface area contributed by atoms with E-state index in [0.717, 1.165) is 17.5 Å². The Balaban J connectivity index is 2.70. The van der Waals surface area contributed by atoms with E-state index in [4.69, 9.17) is 0 Å². The number of carbonyl (C=O) groups is 1. The first-order valence-electron chi connectivity index (χ1n) is 4.79. The van der Waals surface area contributed by atoms with Crippen molar-refractivity contribution in [3.63, 3.8) is 0 Å². The summed E-state index contributed by atoms with van der Waals surface area (Å²) < 4.78 is 13.3. The van der Waals surface area contributed by atoms with Crippen molar-refractivity contribution in [2.45, 2.75) is 13.3 Å². The summed E-state index contributed by atoms with van der Waals surface area (Å²) in [5, 5.41) is 0.788. The largest absolute Gasteiger partial charge is 0.298 e. The van der Waals surface area contributed by atoms with Gasteiger partial charge in [0.05, 0.1) is 11.1 Å². The van der Waals surface area contributed by atoms with Crippen molar-refractivity contribution < 1.29 is 9.18 Å². The fourth-order valence-corrected chi connectivity index (χ4v) is 1.49. The van der Waals surface area contributed by atoms with E-state index in [1.807, 2.05) is 19.1 Å². The summed E-state index contributed by atoms with van der Waals surface area (Å²) in [6, 6.07) is 6.56. The van der Waals surface area contributed by atoms with Crippen LogP contribution in [0.4, 0.5) is 4.39 Å². The molecule has 0 spiro atoms. The first kappa shape index (κ1) is 9.77. The lowest BCUT2D eigenvalue weighted by atomic mass is 10.1. The number of carbonyl (C=O) groups excluding carboxylic acids is 1. The number of halogens is 1. The zero-order chi connectivity index (χ0) is 10.8. The van der Waals surface area contributed by atoms with Crippen molar-refractivity contribution in [3.05, 3.63) is 41.3 Å². The van der Waals surface area contributed by atoms with Gasteiger partial charge in [-0.15, -0.1) is 0 Å². The molecular formula is C12H10FNO. The van der Waals surface area contributed by atoms with Crippen molar-refractivity contribution in [2.75, 3.05) is 0 Å². The second kappa shape index (κ2) is 3.77. The fraction of sp³-hybridized carbons (Fsp3) is 0.167. The third-order valence-electron chi connectivity index (χ3n) is 2.35. The molecule has 0 saturated heterocycles. The number of nitrogens with zero attached hydrogens (tertiary/aromatic N) is 1. The molecule has 15 heavy (non-hydrogen) atoms. The number of fused-ring (bicyclic) bond motifs is 1. The third-order valence-corrected chi connectivity index (χ3v) is 2.35. The Bertz CT molecular complexity index is 522. The Morgan fingerprint density at radius 3 is 2.87 bits per heavy atom. The van der Waals surface area contributed by atoms with Gasteiger partial charge >= 0.3 is 0 Å². The van der Waals surface area contributed by atoms with E-state index in [-0.39, 0.29) is 5.56 Å². The van der Waals surface area contributed by atoms with E-state index < -0.39 is 5.82 Å². The fourth-order valence-electron chi connectivity index (χ4n) is 1.49. The Kier molecular flexibility index (Phi) is 2.46. The molecule has 0 atom stereocenters. The number of pyridine rings is 1. The molecule has 2 rings (SSSR count). The van der Waals surface area contributed by atoms with Crippen LogP contribution in [0.2, 0.25) is 0 Å². The maximum Gasteiger partial charge on any atom is 0.153 e. The van der Waals surface area contributed by atoms with Gasteiger partial charge in [0, 0.05) is 17.1 Å². The molecule has 0 N–H and O–H groups in total. The van der Waals surface area contributed by atoms with E-state index in [1.165, 1.54) is 12.1 Å². The second-order valence-corrected chi connectivity index (χ2v) is 3.34. The van der Waals surface area contributed by atoms with Gasteiger partial charge in [-0.2, -0.15) is 0 Å². The summed E-state index contributed by atoms with van der Waals surface area (Å²) in [6.45, 7) is 1.99. The van der Waals surface area contributed by atoms with Crippen LogP contribution in [0.5, 0.6) is 0 Å². The summed E-state index contributed by atoms with van der Waals surface area (Å²) in [7, 11) is 0. The van der Waals surface area contributed by atoms with Crippen LogP contribution >= 0.6 is 0 Å². The maximum absolute atomic E-state index is 13.3. The van der Waals surface area contributed by atoms with Crippen LogP contribution in [0, 0.1) is 5.82 Å². The minimum atomic E-state index is -0.516. The van der Waals surface area contributed by atoms with E-state index in [2.05, 4.69) is 4.98 Å². The van der Waals surface area contributed by atoms with E-state index >= 15 is 0 Å². The molecule has 1 aromatic heterocycles. The normalized spacial score (nSPS) is 10.5. The quantitative estimate of drug-likeness (QED) is 0.702. The number of aromatic nitrogens is 1. The van der Waals surface area contributed by atoms with Crippen LogP contribution in [0.15, 0.2) is 24.3 Å². The number of hydrogen-bond donors (Lipinski definition) is 0. The predicted molar refractivity (Wildman–Crippen MR) is 56.5 cm³/mol. The highest BCUT2D eigenvalue weighted by Crippen LogP contribution is 2.17. The lowest BCUT2D eigenvalue weighted by molar-refractivity contribution is 0.112. The Morgan fingerprint density at radius 2 is 2.20 bits per heavy atom. The molecular weight excluding hydrogens is 193 g/mol. The number of rotatable bonds is 2. The topological polar surface area (TPSA) is 30.0 Å². The molecule has 3 heteroatoms. The van der Waals surface area contributed by atoms with Crippen molar-refractivity contribution in [1.82, 2.24) is 4.98 Å². The van der Waals surface area contributed by atoms with Gasteiger partial charge in [0.1, 0.15) is 5.82 Å². The molecule has 0 aliphatic heterocycles. The molecule has 76 valence electrons. The monoisotopic (exact) mass is 203 g/mol. The zero-order valence-corrected chi connectivity index (χ0v) is 8.33. The molecule has 2 aromatic rings. The number of benzene rings is 1. The smallest absolute Gasteiger partial charge is 0.153 e. The maximum atomic E-state index is 13.3. The van der Waals surface area contributed by atoms with E-state index in [9.17, 15) is 9.18 Å². The summed E-state index contributed by atoms with van der Waals surface area (Å²) >= 11 is 0. The van der Waals surface area contributed by atoms with Crippen LogP contribution < -0.4 is 0 Å². The summed E-state index contributed by atoms with van der Waals surface area (Å²) in [5.41, 5.74) is 1.59. The first-order chi connectivity index (χ1) is 7.24. The molecule has 0 radical (unpaired) electrons. The van der Waals surface area contributed by atoms with Crippen LogP contribution in [0.25, 0.3) is 10.9 Å². The Hall–Kier alpha value is -1.77. The van der Waals surface area contributed by atoms with Crippen molar-refractivity contribution >= 4 is 17.2 Å². The molecule has 1 heterocycles. The van der Waals surface area contributed by atoms with Crippen LogP contribution in [-0.4, -0.2) is 11.3 Å². The number of hydrogen-bond acceptors (Lipinski definition) is 2. The highest BCUT2D eigenvalue weighted by molar-refractivity contribution is 5.87. The SMILES string of the molecule is CCc1ccc2cc(C=O)c(F)cc2n1. The van der Waals surface area contributed by atoms with Crippen molar-refractivity contribution in [3.8, 4) is 0 Å². The molecule has 0 aliphatic carbocycles. The molecule has 2 nitrogen and oxygen atoms in total. The second-order valence-electron chi connectivity index (χ2n) is 3.34. The predicted octanol–water partition coefficient (Wildman–Crippen LogP) is 2.75. The van der Waals surface area contributed by atoms with Crippen molar-refractivity contribution in [1.29, 1.82) is 0 Å². The van der Waals surface area contributed by atoms with Gasteiger partial charge in [-0.3, -0.25) is 9.78 Å². The van der Waals surface area contributed by atoms with Crippen LogP contribution in [0.3, 0.4) is 0 Å². The Morgan fingerprint density at radius 1 is 1.40 bits per heavy atom. The summed E-state index contributed by atoms with van der Waals surface area (Å²) in [5.74, 6) is -0.516. The van der Waals surface area contributed by atoms with E-state index in [1.54, 1.807) is 0 Å². The molecule has 0 unspecified atom stereocenters. The number of aldehydes is 1. The standard InChI is InChI=1S/C12H10FNO/c1-2-10-4-3-8-5-9(7-15)11(13)6-12(8)14-10/h3-7H,2H2,1H3. The minimum absolute atomic E-state index is 0.0774. The van der Waals surface area contributed by atoms with Gasteiger partial charge in [0.15, 0.2) is 6.29 Å². The highest BCUT2D eigenvalue weighted by Gasteiger charge is 2.04. The lowest BCUT2D eigenvalue weighted by Crippen LogP contribution is -1.92. The van der Waals surface area contributed by atoms with Gasteiger partial charge in [-0.05, 0) is 18.6 Å². The molecule has 0 saturated carbocycles. The van der Waals surface area contributed by atoms with Crippen LogP contribution in [0.1, 0.15) is 23.0 Å². The summed E-state index contributed by atoms with van der Waals surface area (Å²) in [6.07, 6.45) is 1.33. The molecule has 0 aliphatic rings. The molecule has 1 aromatic carbocycles. The van der Waals surface area contributed by atoms with Gasteiger partial charge < -0.3 is 0 Å². The molecule has 0 bridgehead atoms. The molecule has 0 fully saturated rings. The van der Waals surface area contributed by atoms with Gasteiger partial charge in [-0.25, -0.2) is 4.39 Å². The van der Waals surface area contributed by atoms with Gasteiger partial charge in [-0.1, -0.05) is 13.0 Å². The van der Waals surface area contributed by atoms with Gasteiger partial charge in [0.2, 0.25) is 0 Å². The highest BCUT2D eigenvalue weighted by atomic mass is 19.1. The van der Waals surface area contributed by atoms with E-state index in [0.29, 0.717) is 11.8 Å². The average Bonchev–Trinajstić information content (AvgIpc) is 2.27. The van der Waals surface area contributed by atoms with Gasteiger partial charge in [0.25, 0.3) is 0 Å². The zero-order valence-electron chi connectivity index (χ0n) is 8.33. The third kappa shape index (κ3) is 1.73. The first-order valence-corrected chi connectivity index (χ1v) is 4.79. The summed E-state index contributed by atoms with van der Waals surface area (Å²) in [4.78, 5) is 14.8. The van der Waals surface area contributed by atoms with Crippen LogP contribution in [-0.2, 0) is 6.42 Å².